The maximum absolute atomic E-state index is 10.9. The molecule has 4 heteroatoms. The van der Waals surface area contributed by atoms with Crippen molar-refractivity contribution in [2.75, 3.05) is 13.1 Å². The van der Waals surface area contributed by atoms with Crippen LogP contribution in [0.4, 0.5) is 0 Å². The zero-order valence-electron chi connectivity index (χ0n) is 6.84. The molecular weight excluding hydrogens is 142 g/mol. The molecule has 1 saturated heterocycles. The van der Waals surface area contributed by atoms with Crippen molar-refractivity contribution in [3.63, 3.8) is 0 Å². The van der Waals surface area contributed by atoms with Crippen molar-refractivity contribution < 1.29 is 4.79 Å². The molecule has 1 unspecified atom stereocenters. The highest BCUT2D eigenvalue weighted by Crippen LogP contribution is 2.15. The zero-order chi connectivity index (χ0) is 8.48. The Morgan fingerprint density at radius 2 is 1.91 bits per heavy atom. The lowest BCUT2D eigenvalue weighted by Crippen LogP contribution is -2.61. The van der Waals surface area contributed by atoms with Gasteiger partial charge >= 0.3 is 0 Å². The third kappa shape index (κ3) is 1.52. The van der Waals surface area contributed by atoms with Crippen molar-refractivity contribution in [3.8, 4) is 0 Å². The smallest absolute Gasteiger partial charge is 0.252 e. The summed E-state index contributed by atoms with van der Waals surface area (Å²) in [5.41, 5.74) is 9.91. The van der Waals surface area contributed by atoms with E-state index in [4.69, 9.17) is 11.5 Å². The monoisotopic (exact) mass is 157 g/mol. The SMILES string of the molecule is CC(N)(C(N)=O)N1CCCC1. The topological polar surface area (TPSA) is 72.3 Å². The second-order valence-electron chi connectivity index (χ2n) is 3.21. The molecule has 4 nitrogen and oxygen atoms in total. The quantitative estimate of drug-likeness (QED) is 0.553. The first-order valence-corrected chi connectivity index (χ1v) is 3.89. The van der Waals surface area contributed by atoms with Crippen molar-refractivity contribution in [2.24, 2.45) is 11.5 Å². The minimum Gasteiger partial charge on any atom is -0.367 e. The highest BCUT2D eigenvalue weighted by molar-refractivity contribution is 5.83. The molecule has 0 aromatic carbocycles. The van der Waals surface area contributed by atoms with Gasteiger partial charge in [0.05, 0.1) is 0 Å². The molecule has 64 valence electrons. The van der Waals surface area contributed by atoms with Crippen LogP contribution in [0.25, 0.3) is 0 Å². The summed E-state index contributed by atoms with van der Waals surface area (Å²) in [6.45, 7) is 3.44. The molecule has 1 heterocycles. The predicted octanol–water partition coefficient (Wildman–Crippen LogP) is -0.758. The van der Waals surface area contributed by atoms with E-state index in [0.717, 1.165) is 25.9 Å². The van der Waals surface area contributed by atoms with Gasteiger partial charge in [0.2, 0.25) is 0 Å². The summed E-state index contributed by atoms with van der Waals surface area (Å²) in [5.74, 6) is -0.445. The van der Waals surface area contributed by atoms with Crippen molar-refractivity contribution in [3.05, 3.63) is 0 Å². The van der Waals surface area contributed by atoms with Gasteiger partial charge in [0.1, 0.15) is 5.66 Å². The Kier molecular flexibility index (Phi) is 2.15. The Bertz CT molecular complexity index is 161. The van der Waals surface area contributed by atoms with E-state index in [2.05, 4.69) is 0 Å². The first kappa shape index (κ1) is 8.49. The maximum atomic E-state index is 10.9. The largest absolute Gasteiger partial charge is 0.367 e. The van der Waals surface area contributed by atoms with Crippen LogP contribution in [0.1, 0.15) is 19.8 Å². The average molecular weight is 157 g/mol. The van der Waals surface area contributed by atoms with Crippen LogP contribution in [-0.2, 0) is 4.79 Å². The van der Waals surface area contributed by atoms with Gasteiger partial charge in [-0.15, -0.1) is 0 Å². The van der Waals surface area contributed by atoms with Gasteiger partial charge in [0.15, 0.2) is 0 Å². The lowest BCUT2D eigenvalue weighted by atomic mass is 10.2. The Hall–Kier alpha value is -0.610. The average Bonchev–Trinajstić information content (AvgIpc) is 2.37. The normalized spacial score (nSPS) is 24.9. The van der Waals surface area contributed by atoms with E-state index in [1.165, 1.54) is 0 Å². The standard InChI is InChI=1S/C7H15N3O/c1-7(9,6(8)11)10-4-2-3-5-10/h2-5,9H2,1H3,(H2,8,11). The summed E-state index contributed by atoms with van der Waals surface area (Å²) in [5, 5.41) is 0. The molecule has 0 aliphatic carbocycles. The van der Waals surface area contributed by atoms with E-state index < -0.39 is 11.6 Å². The molecule has 1 atom stereocenters. The number of likely N-dealkylation sites (tertiary alicyclic amines) is 1. The van der Waals surface area contributed by atoms with Crippen LogP contribution in [0.3, 0.4) is 0 Å². The van der Waals surface area contributed by atoms with E-state index in [0.29, 0.717) is 0 Å². The number of rotatable bonds is 2. The second-order valence-corrected chi connectivity index (χ2v) is 3.21. The minimum absolute atomic E-state index is 0.445. The van der Waals surface area contributed by atoms with Crippen molar-refractivity contribution in [1.29, 1.82) is 0 Å². The molecule has 1 aliphatic rings. The van der Waals surface area contributed by atoms with E-state index in [-0.39, 0.29) is 0 Å². The van der Waals surface area contributed by atoms with Crippen LogP contribution in [0, 0.1) is 0 Å². The molecule has 0 saturated carbocycles. The van der Waals surface area contributed by atoms with Crippen LogP contribution in [-0.4, -0.2) is 29.6 Å². The highest BCUT2D eigenvalue weighted by Gasteiger charge is 2.34. The van der Waals surface area contributed by atoms with Crippen molar-refractivity contribution in [1.82, 2.24) is 4.90 Å². The van der Waals surface area contributed by atoms with E-state index in [1.807, 2.05) is 4.90 Å². The van der Waals surface area contributed by atoms with Crippen LogP contribution < -0.4 is 11.5 Å². The van der Waals surface area contributed by atoms with Crippen LogP contribution >= 0.6 is 0 Å². The highest BCUT2D eigenvalue weighted by atomic mass is 16.2. The predicted molar refractivity (Wildman–Crippen MR) is 42.6 cm³/mol. The lowest BCUT2D eigenvalue weighted by Gasteiger charge is -2.31. The Morgan fingerprint density at radius 3 is 2.27 bits per heavy atom. The zero-order valence-corrected chi connectivity index (χ0v) is 6.84. The number of hydrogen-bond donors (Lipinski definition) is 2. The molecule has 0 radical (unpaired) electrons. The summed E-state index contributed by atoms with van der Waals surface area (Å²) < 4.78 is 0. The molecule has 4 N–H and O–H groups in total. The van der Waals surface area contributed by atoms with Gasteiger partial charge in [0.25, 0.3) is 5.91 Å². The summed E-state index contributed by atoms with van der Waals surface area (Å²) >= 11 is 0. The van der Waals surface area contributed by atoms with Gasteiger partial charge in [0, 0.05) is 13.1 Å². The summed E-state index contributed by atoms with van der Waals surface area (Å²) in [7, 11) is 0. The fourth-order valence-electron chi connectivity index (χ4n) is 1.34. The lowest BCUT2D eigenvalue weighted by molar-refractivity contribution is -0.128. The van der Waals surface area contributed by atoms with Crippen molar-refractivity contribution in [2.45, 2.75) is 25.4 Å². The molecule has 0 bridgehead atoms. The molecule has 0 aromatic rings. The van der Waals surface area contributed by atoms with Crippen molar-refractivity contribution >= 4 is 5.91 Å². The number of carbonyl (C=O) groups excluding carboxylic acids is 1. The van der Waals surface area contributed by atoms with E-state index in [9.17, 15) is 4.79 Å². The summed E-state index contributed by atoms with van der Waals surface area (Å²) in [4.78, 5) is 12.8. The van der Waals surface area contributed by atoms with Gasteiger partial charge in [-0.05, 0) is 19.8 Å². The Balaban J connectivity index is 2.62. The molecule has 1 rings (SSSR count). The minimum atomic E-state index is -0.948. The first-order valence-electron chi connectivity index (χ1n) is 3.89. The molecule has 11 heavy (non-hydrogen) atoms. The maximum Gasteiger partial charge on any atom is 0.252 e. The molecular formula is C7H15N3O. The fourth-order valence-corrected chi connectivity index (χ4v) is 1.34. The third-order valence-electron chi connectivity index (χ3n) is 2.26. The van der Waals surface area contributed by atoms with Gasteiger partial charge in [-0.3, -0.25) is 9.69 Å². The van der Waals surface area contributed by atoms with Crippen LogP contribution in [0.15, 0.2) is 0 Å². The molecule has 1 aliphatic heterocycles. The fraction of sp³-hybridized carbons (Fsp3) is 0.857. The molecule has 1 fully saturated rings. The number of nitrogens with two attached hydrogens (primary N) is 2. The number of amides is 1. The molecule has 1 amide bonds. The van der Waals surface area contributed by atoms with Gasteiger partial charge < -0.3 is 11.5 Å². The molecule has 0 aromatic heterocycles. The number of primary amides is 1. The third-order valence-corrected chi connectivity index (χ3v) is 2.26. The second kappa shape index (κ2) is 2.79. The molecule has 0 spiro atoms. The first-order chi connectivity index (χ1) is 5.05. The van der Waals surface area contributed by atoms with Crippen LogP contribution in [0.5, 0.6) is 0 Å². The summed E-state index contributed by atoms with van der Waals surface area (Å²) in [6.07, 6.45) is 2.22. The van der Waals surface area contributed by atoms with Gasteiger partial charge in [-0.25, -0.2) is 0 Å². The van der Waals surface area contributed by atoms with E-state index in [1.54, 1.807) is 6.92 Å². The van der Waals surface area contributed by atoms with E-state index >= 15 is 0 Å². The van der Waals surface area contributed by atoms with Gasteiger partial charge in [-0.2, -0.15) is 0 Å². The van der Waals surface area contributed by atoms with Crippen LogP contribution in [0.2, 0.25) is 0 Å². The summed E-state index contributed by atoms with van der Waals surface area (Å²) in [6, 6.07) is 0. The number of nitrogens with zero attached hydrogens (tertiary/aromatic N) is 1. The Morgan fingerprint density at radius 1 is 1.45 bits per heavy atom. The number of hydrogen-bond acceptors (Lipinski definition) is 3. The number of carbonyl (C=O) groups is 1. The van der Waals surface area contributed by atoms with Gasteiger partial charge in [-0.1, -0.05) is 0 Å². The Labute approximate surface area is 66.5 Å².